The standard InChI is InChI=1S/C7H15N3O3/c11-5-6-13-9-7(12)10-3-1-8-2-4-10/h8,11H,1-6H2,(H,9,12). The first kappa shape index (κ1) is 10.2. The van der Waals surface area contributed by atoms with Gasteiger partial charge in [0.15, 0.2) is 0 Å². The number of aliphatic hydroxyl groups is 1. The number of hydroxylamine groups is 1. The van der Waals surface area contributed by atoms with Crippen molar-refractivity contribution >= 4 is 6.03 Å². The van der Waals surface area contributed by atoms with E-state index in [1.165, 1.54) is 0 Å². The number of rotatable bonds is 3. The van der Waals surface area contributed by atoms with Crippen LogP contribution in [0.1, 0.15) is 0 Å². The van der Waals surface area contributed by atoms with Crippen LogP contribution in [0.2, 0.25) is 0 Å². The molecule has 0 saturated carbocycles. The molecule has 0 aromatic carbocycles. The fourth-order valence-electron chi connectivity index (χ4n) is 1.09. The summed E-state index contributed by atoms with van der Waals surface area (Å²) in [6, 6.07) is -0.241. The molecule has 13 heavy (non-hydrogen) atoms. The number of nitrogens with zero attached hydrogens (tertiary/aromatic N) is 1. The molecule has 0 aliphatic carbocycles. The van der Waals surface area contributed by atoms with Crippen LogP contribution < -0.4 is 10.8 Å². The second kappa shape index (κ2) is 5.74. The van der Waals surface area contributed by atoms with Crippen molar-refractivity contribution in [3.63, 3.8) is 0 Å². The van der Waals surface area contributed by atoms with Crippen molar-refractivity contribution < 1.29 is 14.7 Å². The molecule has 1 aliphatic rings. The summed E-state index contributed by atoms with van der Waals surface area (Å²) in [5.74, 6) is 0. The smallest absolute Gasteiger partial charge is 0.341 e. The Bertz CT molecular complexity index is 159. The van der Waals surface area contributed by atoms with Crippen molar-refractivity contribution in [3.8, 4) is 0 Å². The molecule has 0 bridgehead atoms. The minimum absolute atomic E-state index is 0.0954. The van der Waals surface area contributed by atoms with E-state index in [1.807, 2.05) is 0 Å². The summed E-state index contributed by atoms with van der Waals surface area (Å²) in [5, 5.41) is 11.5. The molecule has 0 radical (unpaired) electrons. The Balaban J connectivity index is 2.13. The zero-order valence-corrected chi connectivity index (χ0v) is 7.45. The number of carbonyl (C=O) groups excluding carboxylic acids is 1. The van der Waals surface area contributed by atoms with E-state index in [4.69, 9.17) is 5.11 Å². The maximum Gasteiger partial charge on any atom is 0.341 e. The molecule has 1 fully saturated rings. The molecule has 0 atom stereocenters. The second-order valence-corrected chi connectivity index (χ2v) is 2.72. The van der Waals surface area contributed by atoms with Crippen molar-refractivity contribution in [2.45, 2.75) is 0 Å². The monoisotopic (exact) mass is 189 g/mol. The number of aliphatic hydroxyl groups excluding tert-OH is 1. The summed E-state index contributed by atoms with van der Waals surface area (Å²) in [6.07, 6.45) is 0. The third kappa shape index (κ3) is 3.58. The van der Waals surface area contributed by atoms with Gasteiger partial charge in [0, 0.05) is 26.2 Å². The van der Waals surface area contributed by atoms with E-state index in [1.54, 1.807) is 4.90 Å². The van der Waals surface area contributed by atoms with Gasteiger partial charge in [0.2, 0.25) is 0 Å². The van der Waals surface area contributed by atoms with E-state index in [0.717, 1.165) is 13.1 Å². The molecule has 6 nitrogen and oxygen atoms in total. The molecule has 1 saturated heterocycles. The lowest BCUT2D eigenvalue weighted by Gasteiger charge is -2.27. The normalized spacial score (nSPS) is 17.2. The molecular formula is C7H15N3O3. The zero-order chi connectivity index (χ0) is 9.52. The number of hydrogen-bond acceptors (Lipinski definition) is 4. The molecule has 2 amide bonds. The molecule has 1 rings (SSSR count). The van der Waals surface area contributed by atoms with Crippen LogP contribution in [0.4, 0.5) is 4.79 Å². The van der Waals surface area contributed by atoms with E-state index in [-0.39, 0.29) is 19.2 Å². The lowest BCUT2D eigenvalue weighted by Crippen LogP contribution is -2.50. The van der Waals surface area contributed by atoms with Gasteiger partial charge in [-0.25, -0.2) is 10.3 Å². The second-order valence-electron chi connectivity index (χ2n) is 2.72. The molecule has 0 spiro atoms. The predicted octanol–water partition coefficient (Wildman–Crippen LogP) is -1.47. The predicted molar refractivity (Wildman–Crippen MR) is 46.0 cm³/mol. The highest BCUT2D eigenvalue weighted by Crippen LogP contribution is 1.92. The van der Waals surface area contributed by atoms with Crippen LogP contribution in [-0.2, 0) is 4.84 Å². The molecule has 0 aromatic heterocycles. The van der Waals surface area contributed by atoms with E-state index in [2.05, 4.69) is 15.6 Å². The molecule has 1 heterocycles. The van der Waals surface area contributed by atoms with Gasteiger partial charge in [0.25, 0.3) is 0 Å². The maximum absolute atomic E-state index is 11.3. The number of carbonyl (C=O) groups is 1. The summed E-state index contributed by atoms with van der Waals surface area (Å²) in [5.41, 5.74) is 2.25. The highest BCUT2D eigenvalue weighted by molar-refractivity contribution is 5.73. The molecular weight excluding hydrogens is 174 g/mol. The fraction of sp³-hybridized carbons (Fsp3) is 0.857. The molecule has 0 aromatic rings. The van der Waals surface area contributed by atoms with Crippen molar-refractivity contribution in [1.82, 2.24) is 15.7 Å². The third-order valence-electron chi connectivity index (χ3n) is 1.76. The van der Waals surface area contributed by atoms with Gasteiger partial charge in [0.1, 0.15) is 0 Å². The molecule has 3 N–H and O–H groups in total. The number of amides is 2. The van der Waals surface area contributed by atoms with Crippen LogP contribution in [0.15, 0.2) is 0 Å². The van der Waals surface area contributed by atoms with Crippen molar-refractivity contribution in [1.29, 1.82) is 0 Å². The first-order chi connectivity index (χ1) is 6.34. The molecule has 6 heteroatoms. The SMILES string of the molecule is O=C(NOCCO)N1CCNCC1. The van der Waals surface area contributed by atoms with Crippen LogP contribution in [0.3, 0.4) is 0 Å². The van der Waals surface area contributed by atoms with E-state index in [9.17, 15) is 4.79 Å². The largest absolute Gasteiger partial charge is 0.394 e. The first-order valence-electron chi connectivity index (χ1n) is 4.33. The summed E-state index contributed by atoms with van der Waals surface area (Å²) >= 11 is 0. The highest BCUT2D eigenvalue weighted by atomic mass is 16.7. The minimum Gasteiger partial charge on any atom is -0.394 e. The number of urea groups is 1. The molecule has 1 aliphatic heterocycles. The van der Waals surface area contributed by atoms with Crippen LogP contribution in [0.5, 0.6) is 0 Å². The fourth-order valence-corrected chi connectivity index (χ4v) is 1.09. The van der Waals surface area contributed by atoms with E-state index >= 15 is 0 Å². The highest BCUT2D eigenvalue weighted by Gasteiger charge is 2.15. The van der Waals surface area contributed by atoms with Gasteiger partial charge in [-0.05, 0) is 0 Å². The van der Waals surface area contributed by atoms with Gasteiger partial charge in [-0.15, -0.1) is 0 Å². The van der Waals surface area contributed by atoms with E-state index in [0.29, 0.717) is 13.1 Å². The van der Waals surface area contributed by atoms with E-state index < -0.39 is 0 Å². The topological polar surface area (TPSA) is 73.8 Å². The van der Waals surface area contributed by atoms with Gasteiger partial charge < -0.3 is 15.3 Å². The van der Waals surface area contributed by atoms with Crippen molar-refractivity contribution in [2.75, 3.05) is 39.4 Å². The number of nitrogens with one attached hydrogen (secondary N) is 2. The minimum atomic E-state index is -0.241. The lowest BCUT2D eigenvalue weighted by molar-refractivity contribution is 0.0255. The summed E-state index contributed by atoms with van der Waals surface area (Å²) in [4.78, 5) is 17.6. The lowest BCUT2D eigenvalue weighted by atomic mass is 10.4. The third-order valence-corrected chi connectivity index (χ3v) is 1.76. The van der Waals surface area contributed by atoms with Crippen LogP contribution in [0, 0.1) is 0 Å². The zero-order valence-electron chi connectivity index (χ0n) is 7.45. The average molecular weight is 189 g/mol. The summed E-state index contributed by atoms with van der Waals surface area (Å²) in [7, 11) is 0. The van der Waals surface area contributed by atoms with Gasteiger partial charge in [-0.3, -0.25) is 4.84 Å². The molecule has 76 valence electrons. The van der Waals surface area contributed by atoms with Crippen LogP contribution >= 0.6 is 0 Å². The van der Waals surface area contributed by atoms with Gasteiger partial charge in [0.05, 0.1) is 13.2 Å². The Morgan fingerprint density at radius 2 is 2.23 bits per heavy atom. The Labute approximate surface area is 76.8 Å². The maximum atomic E-state index is 11.3. The first-order valence-corrected chi connectivity index (χ1v) is 4.33. The number of piperazine rings is 1. The summed E-state index contributed by atoms with van der Waals surface area (Å²) in [6.45, 7) is 3.03. The molecule has 0 unspecified atom stereocenters. The summed E-state index contributed by atoms with van der Waals surface area (Å²) < 4.78 is 0. The number of hydrogen-bond donors (Lipinski definition) is 3. The Kier molecular flexibility index (Phi) is 4.52. The Morgan fingerprint density at radius 1 is 1.54 bits per heavy atom. The van der Waals surface area contributed by atoms with Gasteiger partial charge >= 0.3 is 6.03 Å². The van der Waals surface area contributed by atoms with Gasteiger partial charge in [-0.1, -0.05) is 0 Å². The van der Waals surface area contributed by atoms with Crippen LogP contribution in [-0.4, -0.2) is 55.4 Å². The average Bonchev–Trinajstić information content (AvgIpc) is 2.19. The quantitative estimate of drug-likeness (QED) is 0.374. The van der Waals surface area contributed by atoms with Crippen molar-refractivity contribution in [3.05, 3.63) is 0 Å². The van der Waals surface area contributed by atoms with Crippen molar-refractivity contribution in [2.24, 2.45) is 0 Å². The van der Waals surface area contributed by atoms with Crippen LogP contribution in [0.25, 0.3) is 0 Å². The van der Waals surface area contributed by atoms with Gasteiger partial charge in [-0.2, -0.15) is 0 Å². The Morgan fingerprint density at radius 3 is 2.85 bits per heavy atom. The Hall–Kier alpha value is -0.850.